The predicted molar refractivity (Wildman–Crippen MR) is 105 cm³/mol. The molecule has 1 heterocycles. The summed E-state index contributed by atoms with van der Waals surface area (Å²) in [6.07, 6.45) is 9.82. The van der Waals surface area contributed by atoms with Crippen molar-refractivity contribution in [3.05, 3.63) is 28.3 Å². The van der Waals surface area contributed by atoms with Gasteiger partial charge in [0.1, 0.15) is 5.25 Å². The van der Waals surface area contributed by atoms with Gasteiger partial charge in [-0.3, -0.25) is 4.90 Å². The highest BCUT2D eigenvalue weighted by atomic mass is 32.2. The molecule has 3 aliphatic carbocycles. The molecule has 2 fully saturated rings. The Balaban J connectivity index is 1.28. The highest BCUT2D eigenvalue weighted by Crippen LogP contribution is 2.38. The van der Waals surface area contributed by atoms with Gasteiger partial charge in [-0.1, -0.05) is 12.5 Å². The van der Waals surface area contributed by atoms with Crippen molar-refractivity contribution in [1.29, 1.82) is 0 Å². The van der Waals surface area contributed by atoms with Gasteiger partial charge in [0.2, 0.25) is 10.0 Å². The molecule has 1 aliphatic heterocycles. The van der Waals surface area contributed by atoms with Crippen LogP contribution in [0.25, 0.3) is 0 Å². The Morgan fingerprint density at radius 1 is 0.963 bits per heavy atom. The normalized spacial score (nSPS) is 22.7. The number of benzene rings is 1. The lowest BCUT2D eigenvalue weighted by Crippen LogP contribution is -2.62. The Morgan fingerprint density at radius 2 is 1.59 bits per heavy atom. The van der Waals surface area contributed by atoms with E-state index in [1.165, 1.54) is 41.5 Å². The van der Waals surface area contributed by atoms with E-state index in [9.17, 15) is 13.2 Å². The fourth-order valence-corrected chi connectivity index (χ4v) is 6.29. The minimum Gasteiger partial charge on any atom is -0.307 e. The molecule has 1 aromatic carbocycles. The third-order valence-electron chi connectivity index (χ3n) is 6.85. The van der Waals surface area contributed by atoms with Crippen molar-refractivity contribution in [2.24, 2.45) is 0 Å². The molecular formula is C20H27N3O3S. The number of carbonyl (C=O) groups excluding carboxylic acids is 1. The number of carbonyl (C=O) groups is 1. The van der Waals surface area contributed by atoms with Crippen LogP contribution in [-0.2, 0) is 35.7 Å². The maximum absolute atomic E-state index is 12.6. The fourth-order valence-electron chi connectivity index (χ4n) is 5.03. The molecule has 6 nitrogen and oxygen atoms in total. The van der Waals surface area contributed by atoms with Gasteiger partial charge in [0.05, 0.1) is 0 Å². The van der Waals surface area contributed by atoms with Crippen molar-refractivity contribution in [1.82, 2.24) is 9.62 Å². The summed E-state index contributed by atoms with van der Waals surface area (Å²) in [5.74, 6) is 0. The zero-order valence-corrected chi connectivity index (χ0v) is 16.4. The molecule has 0 atom stereocenters. The van der Waals surface area contributed by atoms with Crippen LogP contribution >= 0.6 is 0 Å². The van der Waals surface area contributed by atoms with Gasteiger partial charge in [-0.25, -0.2) is 17.9 Å². The third-order valence-corrected chi connectivity index (χ3v) is 8.50. The lowest BCUT2D eigenvalue weighted by Gasteiger charge is -2.47. The number of nitrogens with zero attached hydrogens (tertiary/aromatic N) is 1. The number of sulfonamides is 1. The first kappa shape index (κ1) is 17.5. The molecule has 27 heavy (non-hydrogen) atoms. The Bertz CT molecular complexity index is 854. The Kier molecular flexibility index (Phi) is 4.20. The van der Waals surface area contributed by atoms with Gasteiger partial charge >= 0.3 is 6.03 Å². The zero-order chi connectivity index (χ0) is 18.6. The second kappa shape index (κ2) is 6.48. The second-order valence-corrected chi connectivity index (χ2v) is 10.5. The molecule has 0 bridgehead atoms. The molecule has 4 aliphatic rings. The van der Waals surface area contributed by atoms with Crippen LogP contribution in [-0.4, -0.2) is 43.7 Å². The lowest BCUT2D eigenvalue weighted by molar-refractivity contribution is 0.0704. The van der Waals surface area contributed by atoms with Crippen LogP contribution in [0.15, 0.2) is 6.07 Å². The number of amides is 2. The smallest absolute Gasteiger partial charge is 0.307 e. The van der Waals surface area contributed by atoms with E-state index < -0.39 is 21.3 Å². The molecule has 0 aromatic heterocycles. The summed E-state index contributed by atoms with van der Waals surface area (Å²) in [6, 6.07) is 2.25. The first-order valence-corrected chi connectivity index (χ1v) is 11.8. The number of anilines is 1. The monoisotopic (exact) mass is 389 g/mol. The molecular weight excluding hydrogens is 362 g/mol. The summed E-state index contributed by atoms with van der Waals surface area (Å²) in [7, 11) is -3.63. The van der Waals surface area contributed by atoms with E-state index in [4.69, 9.17) is 0 Å². The molecule has 2 amide bonds. The molecule has 146 valence electrons. The summed E-state index contributed by atoms with van der Waals surface area (Å²) in [5, 5.41) is 2.44. The number of aryl methyl sites for hydroxylation is 2. The topological polar surface area (TPSA) is 78.5 Å². The first-order chi connectivity index (χ1) is 13.0. The second-order valence-electron chi connectivity index (χ2n) is 8.50. The van der Waals surface area contributed by atoms with Crippen molar-refractivity contribution >= 4 is 21.7 Å². The molecule has 1 saturated heterocycles. The van der Waals surface area contributed by atoms with E-state index in [0.717, 1.165) is 44.2 Å². The van der Waals surface area contributed by atoms with E-state index >= 15 is 0 Å². The third kappa shape index (κ3) is 3.05. The van der Waals surface area contributed by atoms with E-state index in [-0.39, 0.29) is 0 Å². The fraction of sp³-hybridized carbons (Fsp3) is 0.650. The summed E-state index contributed by atoms with van der Waals surface area (Å²) in [4.78, 5) is 14.8. The van der Waals surface area contributed by atoms with Crippen LogP contribution in [0.3, 0.4) is 0 Å². The van der Waals surface area contributed by atoms with Gasteiger partial charge in [-0.2, -0.15) is 0 Å². The van der Waals surface area contributed by atoms with Gasteiger partial charge in [0.15, 0.2) is 0 Å². The molecule has 5 rings (SSSR count). The van der Waals surface area contributed by atoms with Crippen molar-refractivity contribution in [3.63, 3.8) is 0 Å². The summed E-state index contributed by atoms with van der Waals surface area (Å²) >= 11 is 0. The van der Waals surface area contributed by atoms with Crippen molar-refractivity contribution in [2.45, 2.75) is 69.1 Å². The van der Waals surface area contributed by atoms with Crippen LogP contribution in [0.4, 0.5) is 10.5 Å². The molecule has 0 spiro atoms. The number of hydrogen-bond acceptors (Lipinski definition) is 4. The first-order valence-electron chi connectivity index (χ1n) is 10.2. The molecule has 0 unspecified atom stereocenters. The molecule has 7 heteroatoms. The van der Waals surface area contributed by atoms with Gasteiger partial charge < -0.3 is 5.32 Å². The molecule has 1 saturated carbocycles. The molecule has 0 radical (unpaired) electrons. The predicted octanol–water partition coefficient (Wildman–Crippen LogP) is 2.35. The van der Waals surface area contributed by atoms with Crippen LogP contribution in [0.5, 0.6) is 0 Å². The van der Waals surface area contributed by atoms with Crippen LogP contribution in [0.1, 0.15) is 54.4 Å². The molecule has 2 N–H and O–H groups in total. The van der Waals surface area contributed by atoms with Crippen molar-refractivity contribution in [3.8, 4) is 0 Å². The molecule has 1 aromatic rings. The Hall–Kier alpha value is -1.60. The van der Waals surface area contributed by atoms with Gasteiger partial charge in [-0.05, 0) is 73.6 Å². The number of rotatable bonds is 4. The van der Waals surface area contributed by atoms with Crippen molar-refractivity contribution < 1.29 is 13.2 Å². The standard InChI is InChI=1S/C20H27N3O3S/c24-20(22-27(25,26)16-11-23(12-16)15-6-3-7-15)21-19-17-8-1-4-13(17)10-14-5-2-9-18(14)19/h10,15-16H,1-9,11-12H2,(H2,21,22,24). The largest absolute Gasteiger partial charge is 0.332 e. The van der Waals surface area contributed by atoms with Crippen LogP contribution in [0, 0.1) is 0 Å². The van der Waals surface area contributed by atoms with Gasteiger partial charge in [0, 0.05) is 24.8 Å². The van der Waals surface area contributed by atoms with Crippen LogP contribution < -0.4 is 10.0 Å². The van der Waals surface area contributed by atoms with E-state index in [0.29, 0.717) is 19.1 Å². The van der Waals surface area contributed by atoms with E-state index in [2.05, 4.69) is 21.0 Å². The highest BCUT2D eigenvalue weighted by Gasteiger charge is 2.42. The number of urea groups is 1. The maximum Gasteiger partial charge on any atom is 0.332 e. The number of nitrogens with one attached hydrogen (secondary N) is 2. The quantitative estimate of drug-likeness (QED) is 0.829. The van der Waals surface area contributed by atoms with Crippen LogP contribution in [0.2, 0.25) is 0 Å². The average Bonchev–Trinajstić information content (AvgIpc) is 3.15. The highest BCUT2D eigenvalue weighted by molar-refractivity contribution is 7.90. The van der Waals surface area contributed by atoms with Crippen molar-refractivity contribution in [2.75, 3.05) is 18.4 Å². The van der Waals surface area contributed by atoms with Gasteiger partial charge in [-0.15, -0.1) is 0 Å². The summed E-state index contributed by atoms with van der Waals surface area (Å²) in [6.45, 7) is 1.09. The summed E-state index contributed by atoms with van der Waals surface area (Å²) < 4.78 is 27.4. The number of likely N-dealkylation sites (tertiary alicyclic amines) is 1. The number of hydrogen-bond donors (Lipinski definition) is 2. The minimum absolute atomic E-state index is 0.476. The zero-order valence-electron chi connectivity index (χ0n) is 15.6. The summed E-state index contributed by atoms with van der Waals surface area (Å²) in [5.41, 5.74) is 5.95. The average molecular weight is 390 g/mol. The lowest BCUT2D eigenvalue weighted by atomic mass is 9.89. The Morgan fingerprint density at radius 3 is 2.15 bits per heavy atom. The Labute approximate surface area is 160 Å². The number of fused-ring (bicyclic) bond motifs is 2. The SMILES string of the molecule is O=C(Nc1c2c(cc3c1CCC3)CCC2)NS(=O)(=O)C1CN(C2CCC2)C1. The van der Waals surface area contributed by atoms with E-state index in [1.54, 1.807) is 0 Å². The minimum atomic E-state index is -3.63. The maximum atomic E-state index is 12.6. The van der Waals surface area contributed by atoms with E-state index in [1.807, 2.05) is 0 Å². The van der Waals surface area contributed by atoms with Gasteiger partial charge in [0.25, 0.3) is 0 Å².